The third kappa shape index (κ3) is 4.84. The number of benzene rings is 1. The first-order valence-electron chi connectivity index (χ1n) is 8.68. The number of pyridine rings is 1. The number of ether oxygens (including phenoxy) is 2. The Bertz CT molecular complexity index is 905. The number of nitrogens with one attached hydrogen (secondary N) is 1. The van der Waals surface area contributed by atoms with Crippen LogP contribution in [-0.2, 0) is 11.3 Å². The second-order valence-corrected chi connectivity index (χ2v) is 6.29. The minimum absolute atomic E-state index is 0.137. The van der Waals surface area contributed by atoms with E-state index >= 15 is 0 Å². The highest BCUT2D eigenvalue weighted by Crippen LogP contribution is 2.15. The van der Waals surface area contributed by atoms with Crippen LogP contribution >= 0.6 is 0 Å². The molecule has 0 aliphatic rings. The number of aliphatic hydroxyl groups excluding tert-OH is 1. The highest BCUT2D eigenvalue weighted by atomic mass is 16.5. The molecule has 0 aliphatic carbocycles. The van der Waals surface area contributed by atoms with Gasteiger partial charge in [-0.1, -0.05) is 6.07 Å². The molecule has 3 aromatic rings. The molecule has 0 unspecified atom stereocenters. The van der Waals surface area contributed by atoms with E-state index in [1.165, 1.54) is 7.11 Å². The van der Waals surface area contributed by atoms with E-state index in [0.717, 1.165) is 16.9 Å². The Morgan fingerprint density at radius 3 is 2.78 bits per heavy atom. The number of methoxy groups -OCH3 is 1. The van der Waals surface area contributed by atoms with E-state index in [2.05, 4.69) is 10.3 Å². The molecule has 2 heterocycles. The number of imidazole rings is 1. The first-order chi connectivity index (χ1) is 13.1. The average molecular weight is 369 g/mol. The summed E-state index contributed by atoms with van der Waals surface area (Å²) in [4.78, 5) is 16.6. The summed E-state index contributed by atoms with van der Waals surface area (Å²) in [5.74, 6) is 0.396. The molecule has 0 spiro atoms. The molecule has 142 valence electrons. The molecule has 2 aromatic heterocycles. The maximum absolute atomic E-state index is 12.1. The van der Waals surface area contributed by atoms with Gasteiger partial charge in [0.05, 0.1) is 18.4 Å². The number of aromatic nitrogens is 2. The van der Waals surface area contributed by atoms with Crippen LogP contribution in [0.5, 0.6) is 5.75 Å². The maximum atomic E-state index is 12.1. The van der Waals surface area contributed by atoms with Gasteiger partial charge in [0.15, 0.2) is 0 Å². The predicted molar refractivity (Wildman–Crippen MR) is 101 cm³/mol. The number of amides is 1. The lowest BCUT2D eigenvalue weighted by atomic mass is 10.2. The van der Waals surface area contributed by atoms with E-state index in [-0.39, 0.29) is 19.1 Å². The van der Waals surface area contributed by atoms with E-state index in [9.17, 15) is 9.90 Å². The first-order valence-corrected chi connectivity index (χ1v) is 8.68. The Kier molecular flexibility index (Phi) is 6.05. The first kappa shape index (κ1) is 18.9. The van der Waals surface area contributed by atoms with E-state index in [4.69, 9.17) is 9.47 Å². The summed E-state index contributed by atoms with van der Waals surface area (Å²) in [6, 6.07) is 10.8. The molecule has 0 bridgehead atoms. The molecule has 1 aromatic carbocycles. The zero-order chi connectivity index (χ0) is 19.2. The van der Waals surface area contributed by atoms with E-state index in [1.54, 1.807) is 24.3 Å². The summed E-state index contributed by atoms with van der Waals surface area (Å²) in [6.45, 7) is 2.68. The normalized spacial score (nSPS) is 12.1. The van der Waals surface area contributed by atoms with Gasteiger partial charge in [-0.25, -0.2) is 4.98 Å². The lowest BCUT2D eigenvalue weighted by Crippen LogP contribution is -2.34. The summed E-state index contributed by atoms with van der Waals surface area (Å²) < 4.78 is 12.6. The van der Waals surface area contributed by atoms with Gasteiger partial charge in [0.2, 0.25) is 0 Å². The number of aliphatic hydroxyl groups is 1. The van der Waals surface area contributed by atoms with Crippen molar-refractivity contribution in [2.45, 2.75) is 19.6 Å². The fraction of sp³-hybridized carbons (Fsp3) is 0.300. The van der Waals surface area contributed by atoms with Gasteiger partial charge < -0.3 is 24.3 Å². The SMILES string of the molecule is COC[C@@H](O)CNC(=O)c1ccc(OCc2cn3cccc(C)c3n2)cc1. The molecule has 1 atom stereocenters. The van der Waals surface area contributed by atoms with Crippen LogP contribution in [0.4, 0.5) is 0 Å². The standard InChI is InChI=1S/C20H23N3O4/c1-14-4-3-9-23-11-16(22-19(14)23)12-27-18-7-5-15(6-8-18)20(25)21-10-17(24)13-26-2/h3-9,11,17,24H,10,12-13H2,1-2H3,(H,21,25)/t17-/m0/s1. The molecule has 0 radical (unpaired) electrons. The van der Waals surface area contributed by atoms with E-state index in [1.807, 2.05) is 35.9 Å². The summed E-state index contributed by atoms with van der Waals surface area (Å²) in [7, 11) is 1.50. The minimum atomic E-state index is -0.726. The number of hydrogen-bond acceptors (Lipinski definition) is 5. The van der Waals surface area contributed by atoms with Crippen molar-refractivity contribution in [3.63, 3.8) is 0 Å². The summed E-state index contributed by atoms with van der Waals surface area (Å²) in [5, 5.41) is 12.2. The maximum Gasteiger partial charge on any atom is 0.251 e. The Labute approximate surface area is 157 Å². The zero-order valence-electron chi connectivity index (χ0n) is 15.4. The summed E-state index contributed by atoms with van der Waals surface area (Å²) in [6.07, 6.45) is 3.17. The molecule has 7 nitrogen and oxygen atoms in total. The number of nitrogens with zero attached hydrogens (tertiary/aromatic N) is 2. The number of carbonyl (C=O) groups excluding carboxylic acids is 1. The molecule has 2 N–H and O–H groups in total. The number of fused-ring (bicyclic) bond motifs is 1. The summed E-state index contributed by atoms with van der Waals surface area (Å²) >= 11 is 0. The monoisotopic (exact) mass is 369 g/mol. The molecule has 0 fully saturated rings. The van der Waals surface area contributed by atoms with Gasteiger partial charge in [-0.2, -0.15) is 0 Å². The molecule has 3 rings (SSSR count). The number of carbonyl (C=O) groups is 1. The highest BCUT2D eigenvalue weighted by molar-refractivity contribution is 5.94. The van der Waals surface area contributed by atoms with Crippen LogP contribution in [0.2, 0.25) is 0 Å². The third-order valence-corrected chi connectivity index (χ3v) is 4.09. The molecule has 0 saturated carbocycles. The average Bonchev–Trinajstić information content (AvgIpc) is 3.10. The lowest BCUT2D eigenvalue weighted by Gasteiger charge is -2.11. The highest BCUT2D eigenvalue weighted by Gasteiger charge is 2.09. The minimum Gasteiger partial charge on any atom is -0.487 e. The Morgan fingerprint density at radius 1 is 1.30 bits per heavy atom. The molecule has 27 heavy (non-hydrogen) atoms. The lowest BCUT2D eigenvalue weighted by molar-refractivity contribution is 0.0610. The molecule has 1 amide bonds. The topological polar surface area (TPSA) is 85.1 Å². The van der Waals surface area contributed by atoms with E-state index < -0.39 is 6.10 Å². The fourth-order valence-electron chi connectivity index (χ4n) is 2.70. The number of aryl methyl sites for hydroxylation is 1. The Morgan fingerprint density at radius 2 is 2.07 bits per heavy atom. The fourth-order valence-corrected chi connectivity index (χ4v) is 2.70. The quantitative estimate of drug-likeness (QED) is 0.634. The van der Waals surface area contributed by atoms with Crippen molar-refractivity contribution in [1.29, 1.82) is 0 Å². The second kappa shape index (κ2) is 8.66. The van der Waals surface area contributed by atoms with Gasteiger partial charge in [0.1, 0.15) is 18.0 Å². The predicted octanol–water partition coefficient (Wildman–Crippen LogP) is 1.96. The van der Waals surface area contributed by atoms with Crippen LogP contribution in [0.25, 0.3) is 5.65 Å². The molecule has 0 aliphatic heterocycles. The Hall–Kier alpha value is -2.90. The van der Waals surface area contributed by atoms with Crippen LogP contribution in [0.15, 0.2) is 48.8 Å². The van der Waals surface area contributed by atoms with Crippen molar-refractivity contribution in [1.82, 2.24) is 14.7 Å². The Balaban J connectivity index is 1.55. The van der Waals surface area contributed by atoms with Crippen molar-refractivity contribution in [2.24, 2.45) is 0 Å². The molecule has 7 heteroatoms. The summed E-state index contributed by atoms with van der Waals surface area (Å²) in [5.41, 5.74) is 3.35. The van der Waals surface area contributed by atoms with Crippen molar-refractivity contribution in [2.75, 3.05) is 20.3 Å². The van der Waals surface area contributed by atoms with Crippen molar-refractivity contribution >= 4 is 11.6 Å². The van der Waals surface area contributed by atoms with Crippen LogP contribution in [0.3, 0.4) is 0 Å². The van der Waals surface area contributed by atoms with Gasteiger partial charge in [-0.3, -0.25) is 4.79 Å². The molecular weight excluding hydrogens is 346 g/mol. The number of hydrogen-bond donors (Lipinski definition) is 2. The second-order valence-electron chi connectivity index (χ2n) is 6.29. The third-order valence-electron chi connectivity index (χ3n) is 4.09. The molecular formula is C20H23N3O4. The van der Waals surface area contributed by atoms with Gasteiger partial charge in [-0.15, -0.1) is 0 Å². The van der Waals surface area contributed by atoms with Gasteiger partial charge in [-0.05, 0) is 42.8 Å². The van der Waals surface area contributed by atoms with Crippen LogP contribution in [-0.4, -0.2) is 46.8 Å². The van der Waals surface area contributed by atoms with Crippen LogP contribution < -0.4 is 10.1 Å². The smallest absolute Gasteiger partial charge is 0.251 e. The van der Waals surface area contributed by atoms with Crippen LogP contribution in [0.1, 0.15) is 21.6 Å². The van der Waals surface area contributed by atoms with Gasteiger partial charge in [0.25, 0.3) is 5.91 Å². The van der Waals surface area contributed by atoms with Gasteiger partial charge >= 0.3 is 0 Å². The zero-order valence-corrected chi connectivity index (χ0v) is 15.4. The van der Waals surface area contributed by atoms with Crippen molar-refractivity contribution in [3.05, 3.63) is 65.6 Å². The number of rotatable bonds is 8. The van der Waals surface area contributed by atoms with Crippen molar-refractivity contribution in [3.8, 4) is 5.75 Å². The van der Waals surface area contributed by atoms with Gasteiger partial charge in [0, 0.05) is 31.6 Å². The van der Waals surface area contributed by atoms with Crippen LogP contribution in [0, 0.1) is 6.92 Å². The largest absolute Gasteiger partial charge is 0.487 e. The van der Waals surface area contributed by atoms with E-state index in [0.29, 0.717) is 17.9 Å². The van der Waals surface area contributed by atoms with Crippen molar-refractivity contribution < 1.29 is 19.4 Å². The molecule has 0 saturated heterocycles.